The lowest BCUT2D eigenvalue weighted by Gasteiger charge is -2.11. The minimum Gasteiger partial charge on any atom is -0.166 e. The predicted molar refractivity (Wildman–Crippen MR) is 51.0 cm³/mol. The number of benzene rings is 1. The maximum atomic E-state index is 12.3. The fraction of sp³-hybridized carbons (Fsp3) is 0.250. The zero-order valence-electron chi connectivity index (χ0n) is 6.63. The van der Waals surface area contributed by atoms with E-state index >= 15 is 0 Å². The highest BCUT2D eigenvalue weighted by atomic mass is 35.5. The van der Waals surface area contributed by atoms with Gasteiger partial charge >= 0.3 is 6.18 Å². The molecule has 0 heterocycles. The summed E-state index contributed by atoms with van der Waals surface area (Å²) in [4.78, 5) is 0. The average Bonchev–Trinajstić information content (AvgIpc) is 2.02. The van der Waals surface area contributed by atoms with Crippen LogP contribution in [0.1, 0.15) is 11.1 Å². The third-order valence-corrected chi connectivity index (χ3v) is 2.54. The Bertz CT molecular complexity index is 346. The van der Waals surface area contributed by atoms with Crippen molar-refractivity contribution in [1.29, 1.82) is 0 Å². The molecule has 1 rings (SSSR count). The normalized spacial score (nSPS) is 11.9. The highest BCUT2D eigenvalue weighted by molar-refractivity contribution is 6.36. The second-order valence-electron chi connectivity index (χ2n) is 2.55. The minimum absolute atomic E-state index is 0.0842. The van der Waals surface area contributed by atoms with Crippen molar-refractivity contribution in [3.63, 3.8) is 0 Å². The van der Waals surface area contributed by atoms with E-state index in [4.69, 9.17) is 34.8 Å². The molecule has 6 heteroatoms. The van der Waals surface area contributed by atoms with Gasteiger partial charge in [0.05, 0.1) is 10.6 Å². The Balaban J connectivity index is 3.32. The van der Waals surface area contributed by atoms with Gasteiger partial charge < -0.3 is 0 Å². The van der Waals surface area contributed by atoms with Gasteiger partial charge in [0.1, 0.15) is 0 Å². The Morgan fingerprint density at radius 3 is 2.07 bits per heavy atom. The van der Waals surface area contributed by atoms with Crippen LogP contribution in [-0.4, -0.2) is 0 Å². The van der Waals surface area contributed by atoms with Crippen molar-refractivity contribution in [3.8, 4) is 0 Å². The SMILES string of the molecule is FC(F)(F)c1cc(CCl)c(Cl)cc1Cl. The van der Waals surface area contributed by atoms with Crippen molar-refractivity contribution < 1.29 is 13.2 Å². The molecule has 0 N–H and O–H groups in total. The largest absolute Gasteiger partial charge is 0.417 e. The lowest BCUT2D eigenvalue weighted by Crippen LogP contribution is -2.06. The molecule has 1 aromatic carbocycles. The molecule has 0 saturated carbocycles. The van der Waals surface area contributed by atoms with Crippen LogP contribution in [-0.2, 0) is 12.1 Å². The van der Waals surface area contributed by atoms with Crippen LogP contribution in [0.25, 0.3) is 0 Å². The molecule has 0 aliphatic heterocycles. The Labute approximate surface area is 93.6 Å². The molecule has 0 unspecified atom stereocenters. The van der Waals surface area contributed by atoms with Gasteiger partial charge in [-0.3, -0.25) is 0 Å². The summed E-state index contributed by atoms with van der Waals surface area (Å²) in [6.07, 6.45) is -4.48. The average molecular weight is 263 g/mol. The first-order valence-electron chi connectivity index (χ1n) is 3.47. The lowest BCUT2D eigenvalue weighted by molar-refractivity contribution is -0.137. The summed E-state index contributed by atoms with van der Waals surface area (Å²) < 4.78 is 37.0. The molecule has 0 atom stereocenters. The van der Waals surface area contributed by atoms with E-state index in [9.17, 15) is 13.2 Å². The summed E-state index contributed by atoms with van der Waals surface area (Å²) in [7, 11) is 0. The van der Waals surface area contributed by atoms with Gasteiger partial charge in [-0.2, -0.15) is 13.2 Å². The molecule has 0 aromatic heterocycles. The third kappa shape index (κ3) is 2.47. The van der Waals surface area contributed by atoms with E-state index in [1.54, 1.807) is 0 Å². The summed E-state index contributed by atoms with van der Waals surface area (Å²) in [6, 6.07) is 1.90. The fourth-order valence-corrected chi connectivity index (χ4v) is 1.76. The number of alkyl halides is 4. The summed E-state index contributed by atoms with van der Waals surface area (Å²) >= 11 is 16.4. The van der Waals surface area contributed by atoms with Gasteiger partial charge in [-0.15, -0.1) is 11.6 Å². The quantitative estimate of drug-likeness (QED) is 0.641. The van der Waals surface area contributed by atoms with Gasteiger partial charge in [0.15, 0.2) is 0 Å². The molecule has 78 valence electrons. The van der Waals surface area contributed by atoms with E-state index in [0.29, 0.717) is 0 Å². The van der Waals surface area contributed by atoms with Crippen molar-refractivity contribution in [2.45, 2.75) is 12.1 Å². The monoisotopic (exact) mass is 262 g/mol. The van der Waals surface area contributed by atoms with Gasteiger partial charge in [-0.05, 0) is 17.7 Å². The summed E-state index contributed by atoms with van der Waals surface area (Å²) in [6.45, 7) is 0. The second-order valence-corrected chi connectivity index (χ2v) is 3.64. The van der Waals surface area contributed by atoms with Gasteiger partial charge in [0.2, 0.25) is 0 Å². The standard InChI is InChI=1S/C8H4Cl3F3/c9-3-4-1-5(8(12,13)14)7(11)2-6(4)10/h1-2H,3H2. The first kappa shape index (κ1) is 12.0. The van der Waals surface area contributed by atoms with E-state index in [1.165, 1.54) is 0 Å². The number of halogens is 6. The van der Waals surface area contributed by atoms with Crippen LogP contribution in [0.5, 0.6) is 0 Å². The first-order valence-corrected chi connectivity index (χ1v) is 4.76. The molecule has 0 spiro atoms. The molecule has 0 amide bonds. The van der Waals surface area contributed by atoms with Gasteiger partial charge in [0.25, 0.3) is 0 Å². The summed E-state index contributed by atoms with van der Waals surface area (Å²) in [5.74, 6) is -0.0842. The topological polar surface area (TPSA) is 0 Å². The van der Waals surface area contributed by atoms with E-state index in [1.807, 2.05) is 0 Å². The zero-order valence-corrected chi connectivity index (χ0v) is 8.90. The number of hydrogen-bond donors (Lipinski definition) is 0. The van der Waals surface area contributed by atoms with Crippen LogP contribution in [0.2, 0.25) is 10.0 Å². The van der Waals surface area contributed by atoms with Crippen LogP contribution in [0.15, 0.2) is 12.1 Å². The lowest BCUT2D eigenvalue weighted by atomic mass is 10.1. The molecule has 0 fully saturated rings. The van der Waals surface area contributed by atoms with Crippen LogP contribution < -0.4 is 0 Å². The molecule has 1 aromatic rings. The maximum absolute atomic E-state index is 12.3. The van der Waals surface area contributed by atoms with Crippen molar-refractivity contribution in [3.05, 3.63) is 33.3 Å². The first-order chi connectivity index (χ1) is 6.36. The van der Waals surface area contributed by atoms with Crippen molar-refractivity contribution in [2.75, 3.05) is 0 Å². The molecule has 0 aliphatic carbocycles. The van der Waals surface area contributed by atoms with E-state index in [0.717, 1.165) is 12.1 Å². The Hall–Kier alpha value is -0.120. The van der Waals surface area contributed by atoms with Crippen molar-refractivity contribution >= 4 is 34.8 Å². The van der Waals surface area contributed by atoms with E-state index < -0.39 is 16.8 Å². The highest BCUT2D eigenvalue weighted by Crippen LogP contribution is 2.37. The molecular formula is C8H4Cl3F3. The molecular weight excluding hydrogens is 259 g/mol. The Morgan fingerprint density at radius 2 is 1.64 bits per heavy atom. The minimum atomic E-state index is -4.48. The molecule has 0 nitrogen and oxygen atoms in total. The van der Waals surface area contributed by atoms with E-state index in [2.05, 4.69) is 0 Å². The van der Waals surface area contributed by atoms with Gasteiger partial charge in [0, 0.05) is 10.9 Å². The zero-order chi connectivity index (χ0) is 10.9. The van der Waals surface area contributed by atoms with Crippen LogP contribution in [0.3, 0.4) is 0 Å². The Morgan fingerprint density at radius 1 is 1.07 bits per heavy atom. The van der Waals surface area contributed by atoms with Crippen molar-refractivity contribution in [1.82, 2.24) is 0 Å². The predicted octanol–water partition coefficient (Wildman–Crippen LogP) is 4.75. The highest BCUT2D eigenvalue weighted by Gasteiger charge is 2.33. The second kappa shape index (κ2) is 4.17. The summed E-state index contributed by atoms with van der Waals surface area (Å²) in [5, 5.41) is -0.283. The molecule has 0 bridgehead atoms. The molecule has 0 saturated heterocycles. The van der Waals surface area contributed by atoms with E-state index in [-0.39, 0.29) is 16.5 Å². The van der Waals surface area contributed by atoms with Crippen LogP contribution in [0, 0.1) is 0 Å². The smallest absolute Gasteiger partial charge is 0.166 e. The number of hydrogen-bond acceptors (Lipinski definition) is 0. The third-order valence-electron chi connectivity index (χ3n) is 1.59. The Kier molecular flexibility index (Phi) is 3.56. The molecule has 0 aliphatic rings. The maximum Gasteiger partial charge on any atom is 0.417 e. The summed E-state index contributed by atoms with van der Waals surface area (Å²) in [5.41, 5.74) is -0.704. The van der Waals surface area contributed by atoms with Crippen molar-refractivity contribution in [2.24, 2.45) is 0 Å². The number of rotatable bonds is 1. The van der Waals surface area contributed by atoms with Crippen LogP contribution >= 0.6 is 34.8 Å². The fourth-order valence-electron chi connectivity index (χ4n) is 0.913. The molecule has 14 heavy (non-hydrogen) atoms. The van der Waals surface area contributed by atoms with Crippen LogP contribution in [0.4, 0.5) is 13.2 Å². The van der Waals surface area contributed by atoms with Gasteiger partial charge in [-0.1, -0.05) is 23.2 Å². The molecule has 0 radical (unpaired) electrons. The van der Waals surface area contributed by atoms with Gasteiger partial charge in [-0.25, -0.2) is 0 Å².